The van der Waals surface area contributed by atoms with Crippen molar-refractivity contribution >= 4 is 22.0 Å². The maximum atomic E-state index is 12.9. The molecular formula is C27H35N3O4S. The van der Waals surface area contributed by atoms with Gasteiger partial charge in [0.05, 0.1) is 4.90 Å². The lowest BCUT2D eigenvalue weighted by Crippen LogP contribution is -2.49. The van der Waals surface area contributed by atoms with Crippen LogP contribution < -0.4 is 4.74 Å². The number of ether oxygens (including phenoxy) is 1. The first-order chi connectivity index (χ1) is 16.9. The fourth-order valence-electron chi connectivity index (χ4n) is 4.51. The Kier molecular flexibility index (Phi) is 8.59. The Hall–Kier alpha value is -2.68. The second-order valence-electron chi connectivity index (χ2n) is 9.18. The van der Waals surface area contributed by atoms with Crippen molar-refractivity contribution in [1.29, 1.82) is 0 Å². The molecule has 0 radical (unpaired) electrons. The molecule has 0 N–H and O–H groups in total. The number of amides is 1. The highest BCUT2D eigenvalue weighted by Crippen LogP contribution is 2.26. The minimum atomic E-state index is -3.48. The molecule has 188 valence electrons. The van der Waals surface area contributed by atoms with Crippen molar-refractivity contribution in [2.24, 2.45) is 0 Å². The second kappa shape index (κ2) is 11.8. The van der Waals surface area contributed by atoms with Crippen LogP contribution in [-0.4, -0.2) is 80.9 Å². The van der Waals surface area contributed by atoms with Crippen LogP contribution in [-0.2, 0) is 14.8 Å². The minimum Gasteiger partial charge on any atom is -0.483 e. The highest BCUT2D eigenvalue weighted by molar-refractivity contribution is 7.89. The summed E-state index contributed by atoms with van der Waals surface area (Å²) in [5, 5.41) is 0. The van der Waals surface area contributed by atoms with Crippen LogP contribution in [0.4, 0.5) is 0 Å². The van der Waals surface area contributed by atoms with Gasteiger partial charge in [0, 0.05) is 45.8 Å². The monoisotopic (exact) mass is 497 g/mol. The van der Waals surface area contributed by atoms with E-state index < -0.39 is 10.0 Å². The number of nitrogens with zero attached hydrogens (tertiary/aromatic N) is 3. The van der Waals surface area contributed by atoms with Crippen LogP contribution in [0, 0.1) is 6.92 Å². The molecule has 2 heterocycles. The number of aryl methyl sites for hydroxylation is 1. The van der Waals surface area contributed by atoms with Crippen molar-refractivity contribution in [2.45, 2.75) is 31.1 Å². The first-order valence-corrected chi connectivity index (χ1v) is 13.8. The van der Waals surface area contributed by atoms with Crippen LogP contribution in [0.15, 0.2) is 59.5 Å². The molecule has 2 saturated heterocycles. The van der Waals surface area contributed by atoms with Gasteiger partial charge in [-0.2, -0.15) is 4.31 Å². The Labute approximate surface area is 209 Å². The predicted octanol–water partition coefficient (Wildman–Crippen LogP) is 3.41. The molecule has 0 atom stereocenters. The standard InChI is InChI=1S/C27H35N3O4S/c1-23-21-25(35(32,33)30-15-6-3-7-16-30)12-13-26(23)34-22-27(31)29-19-17-28(18-20-29)14-8-11-24-9-4-2-5-10-24/h2,4-5,8-13,21H,3,6-7,14-20,22H2,1H3/b11-8+. The van der Waals surface area contributed by atoms with Crippen molar-refractivity contribution in [2.75, 3.05) is 52.4 Å². The molecule has 2 aliphatic rings. The van der Waals surface area contributed by atoms with Gasteiger partial charge in [-0.3, -0.25) is 9.69 Å². The number of hydrogen-bond acceptors (Lipinski definition) is 5. The molecule has 0 unspecified atom stereocenters. The van der Waals surface area contributed by atoms with Crippen molar-refractivity contribution in [1.82, 2.24) is 14.1 Å². The molecule has 0 aromatic heterocycles. The number of carbonyl (C=O) groups is 1. The largest absolute Gasteiger partial charge is 0.483 e. The smallest absolute Gasteiger partial charge is 0.260 e. The van der Waals surface area contributed by atoms with Crippen molar-refractivity contribution in [3.8, 4) is 5.75 Å². The Bertz CT molecular complexity index is 1120. The van der Waals surface area contributed by atoms with Crippen LogP contribution >= 0.6 is 0 Å². The van der Waals surface area contributed by atoms with Gasteiger partial charge in [-0.05, 0) is 49.1 Å². The summed E-state index contributed by atoms with van der Waals surface area (Å²) in [6.45, 7) is 6.78. The van der Waals surface area contributed by atoms with Gasteiger partial charge in [0.15, 0.2) is 6.61 Å². The highest BCUT2D eigenvalue weighted by Gasteiger charge is 2.26. The van der Waals surface area contributed by atoms with Gasteiger partial charge in [0.25, 0.3) is 5.91 Å². The van der Waals surface area contributed by atoms with Crippen molar-refractivity contribution < 1.29 is 17.9 Å². The molecule has 2 aromatic carbocycles. The summed E-state index contributed by atoms with van der Waals surface area (Å²) in [5.41, 5.74) is 1.90. The normalized spacial score (nSPS) is 18.1. The molecule has 2 fully saturated rings. The molecular weight excluding hydrogens is 462 g/mol. The predicted molar refractivity (Wildman–Crippen MR) is 138 cm³/mol. The van der Waals surface area contributed by atoms with Crippen LogP contribution in [0.2, 0.25) is 0 Å². The van der Waals surface area contributed by atoms with Gasteiger partial charge in [-0.15, -0.1) is 0 Å². The van der Waals surface area contributed by atoms with Crippen molar-refractivity contribution in [3.05, 3.63) is 65.7 Å². The molecule has 7 nitrogen and oxygen atoms in total. The average Bonchev–Trinajstić information content (AvgIpc) is 2.89. The van der Waals surface area contributed by atoms with Crippen molar-refractivity contribution in [3.63, 3.8) is 0 Å². The van der Waals surface area contributed by atoms with E-state index in [-0.39, 0.29) is 17.4 Å². The molecule has 0 aliphatic carbocycles. The van der Waals surface area contributed by atoms with Gasteiger partial charge >= 0.3 is 0 Å². The summed E-state index contributed by atoms with van der Waals surface area (Å²) in [4.78, 5) is 17.1. The van der Waals surface area contributed by atoms with E-state index in [1.54, 1.807) is 22.5 Å². The summed E-state index contributed by atoms with van der Waals surface area (Å²) >= 11 is 0. The van der Waals surface area contributed by atoms with Crippen LogP contribution in [0.5, 0.6) is 5.75 Å². The molecule has 2 aromatic rings. The van der Waals surface area contributed by atoms with E-state index in [4.69, 9.17) is 4.74 Å². The number of rotatable bonds is 8. The molecule has 1 amide bonds. The first-order valence-electron chi connectivity index (χ1n) is 12.4. The second-order valence-corrected chi connectivity index (χ2v) is 11.1. The Balaban J connectivity index is 1.24. The van der Waals surface area contributed by atoms with Gasteiger partial charge in [-0.1, -0.05) is 48.9 Å². The van der Waals surface area contributed by atoms with E-state index in [1.165, 1.54) is 5.56 Å². The fourth-order valence-corrected chi connectivity index (χ4v) is 6.11. The number of piperidine rings is 1. The van der Waals surface area contributed by atoms with E-state index in [0.29, 0.717) is 37.5 Å². The van der Waals surface area contributed by atoms with Gasteiger partial charge in [-0.25, -0.2) is 8.42 Å². The third-order valence-electron chi connectivity index (χ3n) is 6.65. The molecule has 0 spiro atoms. The quantitative estimate of drug-likeness (QED) is 0.559. The van der Waals surface area contributed by atoms with Crippen LogP contribution in [0.25, 0.3) is 6.08 Å². The number of piperazine rings is 1. The van der Waals surface area contributed by atoms with E-state index >= 15 is 0 Å². The fraction of sp³-hybridized carbons (Fsp3) is 0.444. The molecule has 2 aliphatic heterocycles. The number of carbonyl (C=O) groups excluding carboxylic acids is 1. The Morgan fingerprint density at radius 1 is 0.943 bits per heavy atom. The van der Waals surface area contributed by atoms with Gasteiger partial charge in [0.1, 0.15) is 5.75 Å². The van der Waals surface area contributed by atoms with E-state index in [1.807, 2.05) is 30.0 Å². The minimum absolute atomic E-state index is 0.0473. The summed E-state index contributed by atoms with van der Waals surface area (Å²) in [6.07, 6.45) is 7.16. The molecule has 35 heavy (non-hydrogen) atoms. The Morgan fingerprint density at radius 3 is 2.34 bits per heavy atom. The van der Waals surface area contributed by atoms with E-state index in [9.17, 15) is 13.2 Å². The highest BCUT2D eigenvalue weighted by atomic mass is 32.2. The zero-order valence-electron chi connectivity index (χ0n) is 20.4. The van der Waals surface area contributed by atoms with Gasteiger partial charge < -0.3 is 9.64 Å². The molecule has 0 saturated carbocycles. The zero-order chi connectivity index (χ0) is 24.7. The Morgan fingerprint density at radius 2 is 1.66 bits per heavy atom. The van der Waals surface area contributed by atoms with Crippen LogP contribution in [0.1, 0.15) is 30.4 Å². The lowest BCUT2D eigenvalue weighted by atomic mass is 10.2. The zero-order valence-corrected chi connectivity index (χ0v) is 21.3. The van der Waals surface area contributed by atoms with Gasteiger partial charge in [0.2, 0.25) is 10.0 Å². The summed E-state index contributed by atoms with van der Waals surface area (Å²) in [7, 11) is -3.48. The average molecular weight is 498 g/mol. The third-order valence-corrected chi connectivity index (χ3v) is 8.54. The maximum Gasteiger partial charge on any atom is 0.260 e. The summed E-state index contributed by atoms with van der Waals surface area (Å²) in [6, 6.07) is 15.1. The summed E-state index contributed by atoms with van der Waals surface area (Å²) in [5.74, 6) is 0.495. The van der Waals surface area contributed by atoms with Crippen LogP contribution in [0.3, 0.4) is 0 Å². The number of hydrogen-bond donors (Lipinski definition) is 0. The molecule has 0 bridgehead atoms. The summed E-state index contributed by atoms with van der Waals surface area (Å²) < 4.78 is 33.2. The number of benzene rings is 2. The SMILES string of the molecule is Cc1cc(S(=O)(=O)N2CCCCC2)ccc1OCC(=O)N1CCN(C/C=C/c2ccccc2)CC1. The topological polar surface area (TPSA) is 70.2 Å². The lowest BCUT2D eigenvalue weighted by molar-refractivity contribution is -0.135. The number of sulfonamides is 1. The molecule has 4 rings (SSSR count). The van der Waals surface area contributed by atoms with E-state index in [2.05, 4.69) is 29.2 Å². The lowest BCUT2D eigenvalue weighted by Gasteiger charge is -2.34. The third kappa shape index (κ3) is 6.72. The van der Waals surface area contributed by atoms with E-state index in [0.717, 1.165) is 38.9 Å². The maximum absolute atomic E-state index is 12.9. The first kappa shape index (κ1) is 25.4. The molecule has 8 heteroatoms.